The molecule has 0 aliphatic carbocycles. The molecule has 3 N–H and O–H groups in total. The van der Waals surface area contributed by atoms with Crippen molar-refractivity contribution in [2.24, 2.45) is 0 Å². The van der Waals surface area contributed by atoms with E-state index < -0.39 is 0 Å². The minimum Gasteiger partial charge on any atom is -0.383 e. The molecule has 2 aromatic rings. The lowest BCUT2D eigenvalue weighted by molar-refractivity contribution is 0.638. The van der Waals surface area contributed by atoms with Crippen LogP contribution in [0.15, 0.2) is 24.5 Å². The van der Waals surface area contributed by atoms with Crippen molar-refractivity contribution in [3.05, 3.63) is 24.5 Å². The van der Waals surface area contributed by atoms with Crippen molar-refractivity contribution in [2.45, 2.75) is 6.54 Å². The van der Waals surface area contributed by atoms with Gasteiger partial charge in [-0.15, -0.1) is 0 Å². The third-order valence-corrected chi connectivity index (χ3v) is 2.49. The summed E-state index contributed by atoms with van der Waals surface area (Å²) < 4.78 is 5.84. The number of anilines is 2. The maximum absolute atomic E-state index is 5.49. The number of nitrogens with two attached hydrogens (primary N) is 1. The second kappa shape index (κ2) is 4.10. The molecule has 0 saturated heterocycles. The first-order valence-electron chi connectivity index (χ1n) is 4.28. The van der Waals surface area contributed by atoms with E-state index in [1.165, 1.54) is 11.5 Å². The Morgan fingerprint density at radius 1 is 1.57 bits per heavy atom. The van der Waals surface area contributed by atoms with Crippen LogP contribution in [0.3, 0.4) is 0 Å². The summed E-state index contributed by atoms with van der Waals surface area (Å²) in [6.07, 6.45) is 3.70. The Hall–Kier alpha value is -1.56. The summed E-state index contributed by atoms with van der Waals surface area (Å²) in [6, 6.07) is 3.73. The molecule has 5 nitrogen and oxygen atoms in total. The lowest BCUT2D eigenvalue weighted by atomic mass is 10.5. The van der Waals surface area contributed by atoms with Crippen molar-refractivity contribution in [2.75, 3.05) is 17.6 Å². The maximum atomic E-state index is 5.49. The van der Waals surface area contributed by atoms with Crippen molar-refractivity contribution in [1.82, 2.24) is 14.2 Å². The van der Waals surface area contributed by atoms with Crippen LogP contribution in [0.1, 0.15) is 0 Å². The molecule has 0 aliphatic rings. The van der Waals surface area contributed by atoms with Gasteiger partial charge in [-0.25, -0.2) is 0 Å². The zero-order chi connectivity index (χ0) is 9.80. The summed E-state index contributed by atoms with van der Waals surface area (Å²) in [6.45, 7) is 1.66. The van der Waals surface area contributed by atoms with Gasteiger partial charge in [0.25, 0.3) is 0 Å². The van der Waals surface area contributed by atoms with E-state index in [0.29, 0.717) is 5.82 Å². The predicted octanol–water partition coefficient (Wildman–Crippen LogP) is 1.03. The minimum absolute atomic E-state index is 0.566. The fourth-order valence-electron chi connectivity index (χ4n) is 1.10. The van der Waals surface area contributed by atoms with E-state index in [0.717, 1.165) is 18.1 Å². The lowest BCUT2D eigenvalue weighted by Gasteiger charge is -2.02. The summed E-state index contributed by atoms with van der Waals surface area (Å²) in [4.78, 5) is 0. The largest absolute Gasteiger partial charge is 0.383 e. The minimum atomic E-state index is 0.566. The fraction of sp³-hybridized carbons (Fsp3) is 0.250. The summed E-state index contributed by atoms with van der Waals surface area (Å²) in [5.74, 6) is 0.566. The van der Waals surface area contributed by atoms with E-state index in [-0.39, 0.29) is 0 Å². The van der Waals surface area contributed by atoms with Crippen LogP contribution in [0.25, 0.3) is 0 Å². The second-order valence-electron chi connectivity index (χ2n) is 2.81. The first kappa shape index (κ1) is 9.01. The number of rotatable bonds is 4. The van der Waals surface area contributed by atoms with Gasteiger partial charge >= 0.3 is 0 Å². The molecule has 6 heteroatoms. The van der Waals surface area contributed by atoms with E-state index in [1.54, 1.807) is 6.20 Å². The molecule has 0 saturated carbocycles. The Morgan fingerprint density at radius 2 is 2.50 bits per heavy atom. The van der Waals surface area contributed by atoms with Crippen LogP contribution in [0, 0.1) is 0 Å². The molecule has 2 rings (SSSR count). The average molecular weight is 209 g/mol. The van der Waals surface area contributed by atoms with Gasteiger partial charge in [0.05, 0.1) is 6.54 Å². The zero-order valence-electron chi connectivity index (χ0n) is 7.55. The fourth-order valence-corrected chi connectivity index (χ4v) is 1.70. The summed E-state index contributed by atoms with van der Waals surface area (Å²) in [5, 5.41) is 8.31. The number of nitrogens with zero attached hydrogens (tertiary/aromatic N) is 3. The highest BCUT2D eigenvalue weighted by atomic mass is 32.1. The molecule has 0 fully saturated rings. The molecule has 2 heterocycles. The Bertz CT molecular complexity index is 380. The van der Waals surface area contributed by atoms with Crippen molar-refractivity contribution < 1.29 is 0 Å². The molecular formula is C8H11N5S. The molecule has 0 bridgehead atoms. The second-order valence-corrected chi connectivity index (χ2v) is 3.62. The molecule has 14 heavy (non-hydrogen) atoms. The van der Waals surface area contributed by atoms with Gasteiger partial charge in [-0.1, -0.05) is 0 Å². The van der Waals surface area contributed by atoms with Crippen molar-refractivity contribution in [3.63, 3.8) is 0 Å². The van der Waals surface area contributed by atoms with Gasteiger partial charge in [0, 0.05) is 25.0 Å². The Labute approximate surface area is 85.7 Å². The van der Waals surface area contributed by atoms with Gasteiger partial charge in [-0.3, -0.25) is 4.68 Å². The first-order chi connectivity index (χ1) is 6.84. The molecule has 0 spiro atoms. The Morgan fingerprint density at radius 3 is 3.14 bits per heavy atom. The Kier molecular flexibility index (Phi) is 2.64. The lowest BCUT2D eigenvalue weighted by Crippen LogP contribution is -2.09. The van der Waals surface area contributed by atoms with Gasteiger partial charge in [-0.05, 0) is 17.6 Å². The first-order valence-corrected chi connectivity index (χ1v) is 5.05. The molecule has 74 valence electrons. The van der Waals surface area contributed by atoms with Crippen LogP contribution in [-0.4, -0.2) is 20.7 Å². The predicted molar refractivity (Wildman–Crippen MR) is 57.2 cm³/mol. The van der Waals surface area contributed by atoms with E-state index in [2.05, 4.69) is 14.8 Å². The quantitative estimate of drug-likeness (QED) is 0.789. The number of hydrogen-bond donors (Lipinski definition) is 2. The molecule has 0 unspecified atom stereocenters. The molecular weight excluding hydrogens is 198 g/mol. The SMILES string of the molecule is Nc1cc(NCCn2cccn2)sn1. The van der Waals surface area contributed by atoms with Crippen molar-refractivity contribution in [3.8, 4) is 0 Å². The monoisotopic (exact) mass is 209 g/mol. The number of nitrogens with one attached hydrogen (secondary N) is 1. The van der Waals surface area contributed by atoms with Gasteiger partial charge in [0.2, 0.25) is 0 Å². The van der Waals surface area contributed by atoms with Gasteiger partial charge in [0.15, 0.2) is 0 Å². The van der Waals surface area contributed by atoms with E-state index in [4.69, 9.17) is 5.73 Å². The van der Waals surface area contributed by atoms with Crippen molar-refractivity contribution in [1.29, 1.82) is 0 Å². The topological polar surface area (TPSA) is 68.8 Å². The number of nitrogen functional groups attached to an aromatic ring is 1. The van der Waals surface area contributed by atoms with Crippen LogP contribution in [-0.2, 0) is 6.54 Å². The third-order valence-electron chi connectivity index (χ3n) is 1.73. The Balaban J connectivity index is 1.78. The van der Waals surface area contributed by atoms with Gasteiger partial charge in [0.1, 0.15) is 10.8 Å². The van der Waals surface area contributed by atoms with Crippen LogP contribution in [0.2, 0.25) is 0 Å². The standard InChI is InChI=1S/C8H11N5S/c9-7-6-8(14-12-7)10-3-5-13-4-1-2-11-13/h1-2,4,6,10H,3,5H2,(H2,9,12). The third kappa shape index (κ3) is 2.23. The number of hydrogen-bond acceptors (Lipinski definition) is 5. The van der Waals surface area contributed by atoms with Crippen molar-refractivity contribution >= 4 is 22.4 Å². The highest BCUT2D eigenvalue weighted by Crippen LogP contribution is 2.16. The molecule has 0 atom stereocenters. The van der Waals surface area contributed by atoms with Crippen LogP contribution in [0.4, 0.5) is 10.8 Å². The summed E-state index contributed by atoms with van der Waals surface area (Å²) in [5.41, 5.74) is 5.49. The van der Waals surface area contributed by atoms with E-state index in [1.807, 2.05) is 23.0 Å². The smallest absolute Gasteiger partial charge is 0.139 e. The number of aromatic nitrogens is 3. The highest BCUT2D eigenvalue weighted by molar-refractivity contribution is 7.10. The highest BCUT2D eigenvalue weighted by Gasteiger charge is 1.96. The molecule has 0 radical (unpaired) electrons. The molecule has 0 amide bonds. The average Bonchev–Trinajstić information content (AvgIpc) is 2.77. The summed E-state index contributed by atoms with van der Waals surface area (Å²) in [7, 11) is 0. The van der Waals surface area contributed by atoms with E-state index in [9.17, 15) is 0 Å². The maximum Gasteiger partial charge on any atom is 0.139 e. The van der Waals surface area contributed by atoms with Crippen LogP contribution >= 0.6 is 11.5 Å². The molecule has 2 aromatic heterocycles. The van der Waals surface area contributed by atoms with Gasteiger partial charge < -0.3 is 11.1 Å². The zero-order valence-corrected chi connectivity index (χ0v) is 8.37. The summed E-state index contributed by atoms with van der Waals surface area (Å²) >= 11 is 1.37. The normalized spacial score (nSPS) is 10.3. The molecule has 0 aromatic carbocycles. The van der Waals surface area contributed by atoms with Crippen LogP contribution < -0.4 is 11.1 Å². The molecule has 0 aliphatic heterocycles. The van der Waals surface area contributed by atoms with E-state index >= 15 is 0 Å². The van der Waals surface area contributed by atoms with Crippen LogP contribution in [0.5, 0.6) is 0 Å². The van der Waals surface area contributed by atoms with Gasteiger partial charge in [-0.2, -0.15) is 9.47 Å².